The van der Waals surface area contributed by atoms with Crippen LogP contribution >= 0.6 is 12.4 Å². The molecule has 0 aliphatic rings. The summed E-state index contributed by atoms with van der Waals surface area (Å²) in [5.74, 6) is -1.41. The molecule has 4 N–H and O–H groups in total. The highest BCUT2D eigenvalue weighted by atomic mass is 35.5. The van der Waals surface area contributed by atoms with Gasteiger partial charge in [-0.15, -0.1) is 12.4 Å². The van der Waals surface area contributed by atoms with E-state index >= 15 is 0 Å². The Balaban J connectivity index is 0.00000392. The molecule has 0 aliphatic heterocycles. The van der Waals surface area contributed by atoms with Crippen LogP contribution in [0.4, 0.5) is 10.1 Å². The first-order valence-electron chi connectivity index (χ1n) is 8.42. The van der Waals surface area contributed by atoms with Gasteiger partial charge >= 0.3 is 0 Å². The monoisotopic (exact) mass is 429 g/mol. The predicted molar refractivity (Wildman–Crippen MR) is 110 cm³/mol. The number of rotatable bonds is 6. The maximum Gasteiger partial charge on any atom is 0.241 e. The molecule has 9 heteroatoms. The minimum absolute atomic E-state index is 0. The molecule has 0 aromatic heterocycles. The second kappa shape index (κ2) is 9.47. The van der Waals surface area contributed by atoms with E-state index in [0.717, 1.165) is 11.6 Å². The van der Waals surface area contributed by atoms with Crippen molar-refractivity contribution in [1.82, 2.24) is 4.72 Å². The summed E-state index contributed by atoms with van der Waals surface area (Å²) in [6.07, 6.45) is 0.302. The second-order valence-electron chi connectivity index (χ2n) is 7.28. The number of nitrogens with two attached hydrogens (primary N) is 1. The third kappa shape index (κ3) is 6.87. The Morgan fingerprint density at radius 1 is 1.14 bits per heavy atom. The van der Waals surface area contributed by atoms with Crippen LogP contribution < -0.4 is 15.8 Å². The molecule has 0 spiro atoms. The minimum atomic E-state index is -3.87. The third-order valence-corrected chi connectivity index (χ3v) is 5.34. The van der Waals surface area contributed by atoms with E-state index in [4.69, 9.17) is 5.73 Å². The van der Waals surface area contributed by atoms with E-state index in [0.29, 0.717) is 6.42 Å². The maximum absolute atomic E-state index is 14.3. The van der Waals surface area contributed by atoms with Crippen molar-refractivity contribution in [3.05, 3.63) is 59.9 Å². The summed E-state index contributed by atoms with van der Waals surface area (Å²) in [5.41, 5.74) is 5.93. The number of carbonyl (C=O) groups excluding carboxylic acids is 1. The lowest BCUT2D eigenvalue weighted by Crippen LogP contribution is -2.40. The first-order valence-corrected chi connectivity index (χ1v) is 9.90. The number of amides is 1. The molecule has 2 rings (SSSR count). The van der Waals surface area contributed by atoms with Crippen LogP contribution in [-0.4, -0.2) is 25.9 Å². The highest BCUT2D eigenvalue weighted by Gasteiger charge is 2.23. The van der Waals surface area contributed by atoms with E-state index < -0.39 is 33.3 Å². The van der Waals surface area contributed by atoms with Gasteiger partial charge in [0.25, 0.3) is 0 Å². The fourth-order valence-corrected chi connectivity index (χ4v) is 3.84. The van der Waals surface area contributed by atoms with Crippen molar-refractivity contribution < 1.29 is 17.6 Å². The molecule has 1 unspecified atom stereocenters. The fourth-order valence-electron chi connectivity index (χ4n) is 2.41. The zero-order chi connectivity index (χ0) is 20.2. The van der Waals surface area contributed by atoms with Gasteiger partial charge in [-0.25, -0.2) is 17.5 Å². The summed E-state index contributed by atoms with van der Waals surface area (Å²) < 4.78 is 41.3. The summed E-state index contributed by atoms with van der Waals surface area (Å²) in [7, 11) is -3.87. The summed E-state index contributed by atoms with van der Waals surface area (Å²) in [6, 6.07) is 11.7. The molecular formula is C19H25ClFN3O3S. The highest BCUT2D eigenvalue weighted by molar-refractivity contribution is 7.89. The molecule has 1 atom stereocenters. The third-order valence-electron chi connectivity index (χ3n) is 3.58. The Labute approximate surface area is 171 Å². The van der Waals surface area contributed by atoms with Gasteiger partial charge in [-0.1, -0.05) is 30.3 Å². The molecule has 0 radical (unpaired) electrons. The molecule has 28 heavy (non-hydrogen) atoms. The summed E-state index contributed by atoms with van der Waals surface area (Å²) in [4.78, 5) is 12.0. The van der Waals surface area contributed by atoms with Gasteiger partial charge in [-0.3, -0.25) is 4.79 Å². The number of sulfonamides is 1. The van der Waals surface area contributed by atoms with E-state index in [1.807, 2.05) is 30.3 Å². The van der Waals surface area contributed by atoms with Crippen molar-refractivity contribution in [2.75, 3.05) is 5.32 Å². The lowest BCUT2D eigenvalue weighted by molar-refractivity contribution is -0.117. The first-order chi connectivity index (χ1) is 12.5. The van der Waals surface area contributed by atoms with Crippen LogP contribution in [0.3, 0.4) is 0 Å². The summed E-state index contributed by atoms with van der Waals surface area (Å²) in [6.45, 7) is 5.05. The maximum atomic E-state index is 14.3. The molecule has 0 fully saturated rings. The van der Waals surface area contributed by atoms with Crippen molar-refractivity contribution in [3.63, 3.8) is 0 Å². The van der Waals surface area contributed by atoms with Gasteiger partial charge in [0.05, 0.1) is 16.6 Å². The van der Waals surface area contributed by atoms with Gasteiger partial charge in [0.2, 0.25) is 15.9 Å². The van der Waals surface area contributed by atoms with Gasteiger partial charge in [0, 0.05) is 5.54 Å². The van der Waals surface area contributed by atoms with Crippen LogP contribution in [-0.2, 0) is 21.2 Å². The van der Waals surface area contributed by atoms with Gasteiger partial charge in [-0.05, 0) is 51.0 Å². The van der Waals surface area contributed by atoms with Gasteiger partial charge < -0.3 is 11.1 Å². The molecule has 2 aromatic carbocycles. The molecule has 0 saturated carbocycles. The standard InChI is InChI=1S/C19H24FN3O3S.ClH/c1-19(2,3)23-27(25,26)14-9-10-17(15(20)12-14)22-18(24)16(21)11-13-7-5-4-6-8-13;/h4-10,12,16,23H,11,21H2,1-3H3,(H,22,24);1H. The van der Waals surface area contributed by atoms with Gasteiger partial charge in [0.1, 0.15) is 5.82 Å². The lowest BCUT2D eigenvalue weighted by Gasteiger charge is -2.20. The van der Waals surface area contributed by atoms with Crippen LogP contribution in [0.5, 0.6) is 0 Å². The Hall–Kier alpha value is -2.00. The van der Waals surface area contributed by atoms with Crippen molar-refractivity contribution in [2.24, 2.45) is 5.73 Å². The molecule has 6 nitrogen and oxygen atoms in total. The van der Waals surface area contributed by atoms with Crippen LogP contribution in [0.1, 0.15) is 26.3 Å². The van der Waals surface area contributed by atoms with Crippen LogP contribution in [0.2, 0.25) is 0 Å². The van der Waals surface area contributed by atoms with Crippen molar-refractivity contribution in [2.45, 2.75) is 43.7 Å². The molecule has 1 amide bonds. The molecule has 2 aromatic rings. The van der Waals surface area contributed by atoms with Gasteiger partial charge in [0.15, 0.2) is 0 Å². The average molecular weight is 430 g/mol. The average Bonchev–Trinajstić information content (AvgIpc) is 2.55. The van der Waals surface area contributed by atoms with Gasteiger partial charge in [-0.2, -0.15) is 0 Å². The van der Waals surface area contributed by atoms with Crippen LogP contribution in [0.15, 0.2) is 53.4 Å². The molecule has 0 saturated heterocycles. The van der Waals surface area contributed by atoms with Crippen molar-refractivity contribution in [1.29, 1.82) is 0 Å². The molecule has 0 aliphatic carbocycles. The van der Waals surface area contributed by atoms with Crippen molar-refractivity contribution in [3.8, 4) is 0 Å². The summed E-state index contributed by atoms with van der Waals surface area (Å²) in [5, 5.41) is 2.40. The first kappa shape index (κ1) is 24.0. The Morgan fingerprint density at radius 2 is 1.75 bits per heavy atom. The Morgan fingerprint density at radius 3 is 2.29 bits per heavy atom. The largest absolute Gasteiger partial charge is 0.322 e. The Kier molecular flexibility index (Phi) is 8.13. The molecule has 154 valence electrons. The molecular weight excluding hydrogens is 405 g/mol. The number of hydrogen-bond acceptors (Lipinski definition) is 4. The predicted octanol–water partition coefficient (Wildman–Crippen LogP) is 2.83. The lowest BCUT2D eigenvalue weighted by atomic mass is 10.1. The van der Waals surface area contributed by atoms with Crippen LogP contribution in [0, 0.1) is 5.82 Å². The van der Waals surface area contributed by atoms with E-state index in [2.05, 4.69) is 10.0 Å². The number of anilines is 1. The van der Waals surface area contributed by atoms with Crippen LogP contribution in [0.25, 0.3) is 0 Å². The summed E-state index contributed by atoms with van der Waals surface area (Å²) >= 11 is 0. The fraction of sp³-hybridized carbons (Fsp3) is 0.316. The zero-order valence-corrected chi connectivity index (χ0v) is 17.5. The normalized spacial score (nSPS) is 12.8. The second-order valence-corrected chi connectivity index (χ2v) is 8.97. The molecule has 0 bridgehead atoms. The number of carbonyl (C=O) groups is 1. The smallest absolute Gasteiger partial charge is 0.241 e. The zero-order valence-electron chi connectivity index (χ0n) is 15.9. The number of hydrogen-bond donors (Lipinski definition) is 3. The molecule has 0 heterocycles. The minimum Gasteiger partial charge on any atom is -0.322 e. The topological polar surface area (TPSA) is 101 Å². The van der Waals surface area contributed by atoms with E-state index in [9.17, 15) is 17.6 Å². The van der Waals surface area contributed by atoms with Crippen molar-refractivity contribution >= 4 is 34.0 Å². The quantitative estimate of drug-likeness (QED) is 0.657. The Bertz CT molecular complexity index is 916. The SMILES string of the molecule is CC(C)(C)NS(=O)(=O)c1ccc(NC(=O)C(N)Cc2ccccc2)c(F)c1.Cl. The van der Waals surface area contributed by atoms with E-state index in [1.165, 1.54) is 12.1 Å². The van der Waals surface area contributed by atoms with E-state index in [1.54, 1.807) is 20.8 Å². The van der Waals surface area contributed by atoms with E-state index in [-0.39, 0.29) is 23.0 Å². The number of halogens is 2. The number of nitrogens with one attached hydrogen (secondary N) is 2. The number of benzene rings is 2. The highest BCUT2D eigenvalue weighted by Crippen LogP contribution is 2.20.